The summed E-state index contributed by atoms with van der Waals surface area (Å²) in [6, 6.07) is 1.38. The van der Waals surface area contributed by atoms with Crippen LogP contribution < -0.4 is 0 Å². The molecule has 1 saturated carbocycles. The first-order chi connectivity index (χ1) is 11.2. The summed E-state index contributed by atoms with van der Waals surface area (Å²) in [5.41, 5.74) is 1.10. The third-order valence-electron chi connectivity index (χ3n) is 5.56. The molecule has 6 heteroatoms. The van der Waals surface area contributed by atoms with Crippen LogP contribution >= 0.6 is 22.6 Å². The minimum Gasteiger partial charge on any atom is -0.328 e. The molecule has 0 unspecified atom stereocenters. The number of hydrogen-bond acceptors (Lipinski definition) is 4. The molecule has 124 valence electrons. The van der Waals surface area contributed by atoms with Gasteiger partial charge in [0.05, 0.1) is 5.39 Å². The van der Waals surface area contributed by atoms with Crippen molar-refractivity contribution in [1.82, 2.24) is 24.3 Å². The molecular formula is C17H24IN5. The zero-order valence-corrected chi connectivity index (χ0v) is 15.8. The van der Waals surface area contributed by atoms with E-state index in [0.717, 1.165) is 11.7 Å². The van der Waals surface area contributed by atoms with E-state index in [1.807, 2.05) is 6.20 Å². The highest BCUT2D eigenvalue weighted by molar-refractivity contribution is 14.1. The van der Waals surface area contributed by atoms with Gasteiger partial charge in [-0.05, 0) is 55.3 Å². The minimum absolute atomic E-state index is 0.597. The van der Waals surface area contributed by atoms with E-state index in [1.54, 1.807) is 6.33 Å². The lowest BCUT2D eigenvalue weighted by Gasteiger charge is -2.41. The third kappa shape index (κ3) is 3.13. The number of piperazine rings is 1. The van der Waals surface area contributed by atoms with Crippen molar-refractivity contribution in [1.29, 1.82) is 0 Å². The van der Waals surface area contributed by atoms with Crippen molar-refractivity contribution in [3.8, 4) is 0 Å². The zero-order chi connectivity index (χ0) is 15.8. The van der Waals surface area contributed by atoms with Gasteiger partial charge in [0.15, 0.2) is 0 Å². The van der Waals surface area contributed by atoms with Crippen molar-refractivity contribution in [3.63, 3.8) is 0 Å². The molecule has 3 heterocycles. The Morgan fingerprint density at radius 3 is 2.48 bits per heavy atom. The summed E-state index contributed by atoms with van der Waals surface area (Å²) in [5, 5.41) is 1.19. The molecule has 0 amide bonds. The van der Waals surface area contributed by atoms with Crippen molar-refractivity contribution in [2.75, 3.05) is 33.2 Å². The second-order valence-electron chi connectivity index (χ2n) is 6.95. The summed E-state index contributed by atoms with van der Waals surface area (Å²) in [6.45, 7) is 4.92. The van der Waals surface area contributed by atoms with Crippen LogP contribution in [0.5, 0.6) is 0 Å². The Kier molecular flexibility index (Phi) is 4.56. The lowest BCUT2D eigenvalue weighted by Crippen LogP contribution is -2.49. The molecule has 4 rings (SSSR count). The van der Waals surface area contributed by atoms with Crippen molar-refractivity contribution in [2.24, 2.45) is 0 Å². The summed E-state index contributed by atoms with van der Waals surface area (Å²) < 4.78 is 3.67. The molecule has 2 aliphatic rings. The van der Waals surface area contributed by atoms with E-state index in [2.05, 4.69) is 60.2 Å². The van der Waals surface area contributed by atoms with Crippen molar-refractivity contribution >= 4 is 33.6 Å². The highest BCUT2D eigenvalue weighted by Gasteiger charge is 2.29. The molecule has 0 N–H and O–H groups in total. The van der Waals surface area contributed by atoms with E-state index >= 15 is 0 Å². The summed E-state index contributed by atoms with van der Waals surface area (Å²) in [7, 11) is 2.23. The van der Waals surface area contributed by atoms with E-state index in [1.165, 1.54) is 60.8 Å². The highest BCUT2D eigenvalue weighted by atomic mass is 127. The van der Waals surface area contributed by atoms with Gasteiger partial charge in [-0.15, -0.1) is 0 Å². The molecule has 2 aromatic rings. The largest absolute Gasteiger partial charge is 0.328 e. The van der Waals surface area contributed by atoms with Gasteiger partial charge in [-0.1, -0.05) is 0 Å². The number of aromatic nitrogens is 3. The van der Waals surface area contributed by atoms with Crippen LogP contribution in [0, 0.1) is 3.57 Å². The number of fused-ring (bicyclic) bond motifs is 1. The van der Waals surface area contributed by atoms with E-state index in [-0.39, 0.29) is 0 Å². The number of hydrogen-bond donors (Lipinski definition) is 0. The molecule has 1 aliphatic carbocycles. The number of halogens is 1. The first-order valence-corrected chi connectivity index (χ1v) is 9.69. The van der Waals surface area contributed by atoms with Crippen LogP contribution in [-0.4, -0.2) is 63.6 Å². The topological polar surface area (TPSA) is 37.2 Å². The molecule has 0 spiro atoms. The predicted molar refractivity (Wildman–Crippen MR) is 101 cm³/mol. The number of rotatable bonds is 2. The Hall–Kier alpha value is -0.730. The fourth-order valence-corrected chi connectivity index (χ4v) is 4.80. The number of likely N-dealkylation sites (N-methyl/N-ethyl adjacent to an activating group) is 1. The van der Waals surface area contributed by atoms with Crippen LogP contribution in [0.1, 0.15) is 31.7 Å². The van der Waals surface area contributed by atoms with Crippen LogP contribution in [0.4, 0.5) is 0 Å². The molecule has 0 aromatic carbocycles. The van der Waals surface area contributed by atoms with Gasteiger partial charge in [-0.3, -0.25) is 4.90 Å². The van der Waals surface area contributed by atoms with Crippen LogP contribution in [0.3, 0.4) is 0 Å². The first-order valence-electron chi connectivity index (χ1n) is 8.61. The van der Waals surface area contributed by atoms with Gasteiger partial charge >= 0.3 is 0 Å². The monoisotopic (exact) mass is 425 g/mol. The first kappa shape index (κ1) is 15.8. The standard InChI is InChI=1S/C17H24IN5/c1-21-6-8-22(9-7-21)13-2-4-14(5-3-13)23-11-16(18)15-10-19-12-20-17(15)23/h10-14H,2-9H2,1H3. The molecule has 1 aliphatic heterocycles. The smallest absolute Gasteiger partial charge is 0.144 e. The Balaban J connectivity index is 1.45. The van der Waals surface area contributed by atoms with E-state index < -0.39 is 0 Å². The van der Waals surface area contributed by atoms with Crippen LogP contribution in [0.25, 0.3) is 11.0 Å². The van der Waals surface area contributed by atoms with Gasteiger partial charge in [0, 0.05) is 54.2 Å². The quantitative estimate of drug-likeness (QED) is 0.694. The van der Waals surface area contributed by atoms with E-state index in [4.69, 9.17) is 0 Å². The lowest BCUT2D eigenvalue weighted by atomic mass is 9.89. The minimum atomic E-state index is 0.597. The second-order valence-corrected chi connectivity index (χ2v) is 8.11. The average Bonchev–Trinajstić information content (AvgIpc) is 2.93. The van der Waals surface area contributed by atoms with Crippen molar-refractivity contribution in [3.05, 3.63) is 22.3 Å². The molecular weight excluding hydrogens is 401 g/mol. The van der Waals surface area contributed by atoms with Crippen molar-refractivity contribution in [2.45, 2.75) is 37.8 Å². The summed E-state index contributed by atoms with van der Waals surface area (Å²) in [5.74, 6) is 0. The Morgan fingerprint density at radius 2 is 1.74 bits per heavy atom. The summed E-state index contributed by atoms with van der Waals surface area (Å²) in [4.78, 5) is 13.9. The predicted octanol–water partition coefficient (Wildman–Crippen LogP) is 2.77. The maximum atomic E-state index is 4.53. The van der Waals surface area contributed by atoms with Crippen LogP contribution in [0.2, 0.25) is 0 Å². The van der Waals surface area contributed by atoms with Gasteiger partial charge in [0.2, 0.25) is 0 Å². The van der Waals surface area contributed by atoms with Gasteiger partial charge in [-0.25, -0.2) is 9.97 Å². The maximum absolute atomic E-state index is 4.53. The van der Waals surface area contributed by atoms with E-state index in [9.17, 15) is 0 Å². The zero-order valence-electron chi connectivity index (χ0n) is 13.7. The van der Waals surface area contributed by atoms with Gasteiger partial charge in [0.25, 0.3) is 0 Å². The second kappa shape index (κ2) is 6.64. The molecule has 2 aromatic heterocycles. The lowest BCUT2D eigenvalue weighted by molar-refractivity contribution is 0.0827. The third-order valence-corrected chi connectivity index (χ3v) is 6.42. The average molecular weight is 425 g/mol. The molecule has 1 saturated heterocycles. The van der Waals surface area contributed by atoms with Gasteiger partial charge < -0.3 is 9.47 Å². The fourth-order valence-electron chi connectivity index (χ4n) is 4.12. The van der Waals surface area contributed by atoms with Crippen LogP contribution in [-0.2, 0) is 0 Å². The molecule has 0 radical (unpaired) electrons. The SMILES string of the molecule is CN1CCN(C2CCC(n3cc(I)c4cncnc43)CC2)CC1. The Labute approximate surface area is 151 Å². The Morgan fingerprint density at radius 1 is 1.04 bits per heavy atom. The molecule has 0 bridgehead atoms. The normalized spacial score (nSPS) is 27.6. The van der Waals surface area contributed by atoms with Crippen LogP contribution in [0.15, 0.2) is 18.7 Å². The number of nitrogens with zero attached hydrogens (tertiary/aromatic N) is 5. The summed E-state index contributed by atoms with van der Waals surface area (Å²) >= 11 is 2.40. The van der Waals surface area contributed by atoms with Crippen molar-refractivity contribution < 1.29 is 0 Å². The Bertz CT molecular complexity index is 669. The molecule has 0 atom stereocenters. The van der Waals surface area contributed by atoms with Gasteiger partial charge in [0.1, 0.15) is 12.0 Å². The highest BCUT2D eigenvalue weighted by Crippen LogP contribution is 2.34. The fraction of sp³-hybridized carbons (Fsp3) is 0.647. The molecule has 5 nitrogen and oxygen atoms in total. The molecule has 23 heavy (non-hydrogen) atoms. The van der Waals surface area contributed by atoms with Gasteiger partial charge in [-0.2, -0.15) is 0 Å². The maximum Gasteiger partial charge on any atom is 0.144 e. The molecule has 2 fully saturated rings. The summed E-state index contributed by atoms with van der Waals surface area (Å²) in [6.07, 6.45) is 11.0. The van der Waals surface area contributed by atoms with E-state index in [0.29, 0.717) is 6.04 Å².